The van der Waals surface area contributed by atoms with E-state index in [4.69, 9.17) is 10.5 Å². The highest BCUT2D eigenvalue weighted by atomic mass is 19.4. The second-order valence-electron chi connectivity index (χ2n) is 6.24. The van der Waals surface area contributed by atoms with Crippen LogP contribution in [-0.4, -0.2) is 40.6 Å². The van der Waals surface area contributed by atoms with Crippen LogP contribution < -0.4 is 15.4 Å². The van der Waals surface area contributed by atoms with Gasteiger partial charge in [0.05, 0.1) is 6.61 Å². The van der Waals surface area contributed by atoms with Crippen molar-refractivity contribution < 1.29 is 22.7 Å². The van der Waals surface area contributed by atoms with Gasteiger partial charge in [-0.3, -0.25) is 9.78 Å². The molecule has 3 rings (SSSR count). The number of nitrogens with two attached hydrogens (primary N) is 1. The van der Waals surface area contributed by atoms with Crippen molar-refractivity contribution in [1.29, 1.82) is 0 Å². The molecule has 1 aliphatic heterocycles. The first-order valence-electron chi connectivity index (χ1n) is 8.36. The topological polar surface area (TPSA) is 94.2 Å². The van der Waals surface area contributed by atoms with E-state index in [0.717, 1.165) is 25.2 Å². The molecule has 0 radical (unpaired) electrons. The Balaban J connectivity index is 1.54. The minimum atomic E-state index is -4.49. The Hall–Kier alpha value is -2.91. The first-order chi connectivity index (χ1) is 12.8. The van der Waals surface area contributed by atoms with Crippen molar-refractivity contribution >= 4 is 11.7 Å². The van der Waals surface area contributed by atoms with Gasteiger partial charge < -0.3 is 15.4 Å². The fourth-order valence-corrected chi connectivity index (χ4v) is 2.85. The smallest absolute Gasteiger partial charge is 0.433 e. The van der Waals surface area contributed by atoms with E-state index in [1.807, 2.05) is 4.90 Å². The molecule has 7 nitrogen and oxygen atoms in total. The van der Waals surface area contributed by atoms with Gasteiger partial charge >= 0.3 is 6.18 Å². The fraction of sp³-hybridized carbons (Fsp3) is 0.412. The summed E-state index contributed by atoms with van der Waals surface area (Å²) in [5.41, 5.74) is 4.37. The largest absolute Gasteiger partial charge is 0.493 e. The molecular weight excluding hydrogens is 363 g/mol. The molecule has 0 aliphatic carbocycles. The van der Waals surface area contributed by atoms with Crippen LogP contribution in [0.5, 0.6) is 5.75 Å². The van der Waals surface area contributed by atoms with E-state index in [-0.39, 0.29) is 17.4 Å². The molecule has 1 aliphatic rings. The highest BCUT2D eigenvalue weighted by molar-refractivity contribution is 5.91. The predicted molar refractivity (Wildman–Crippen MR) is 90.2 cm³/mol. The third-order valence-electron chi connectivity index (χ3n) is 4.35. The van der Waals surface area contributed by atoms with E-state index in [1.165, 1.54) is 12.3 Å². The Morgan fingerprint density at radius 3 is 2.63 bits per heavy atom. The van der Waals surface area contributed by atoms with Crippen LogP contribution in [0.2, 0.25) is 0 Å². The molecule has 1 fully saturated rings. The lowest BCUT2D eigenvalue weighted by Crippen LogP contribution is -2.36. The van der Waals surface area contributed by atoms with E-state index in [9.17, 15) is 18.0 Å². The first kappa shape index (κ1) is 18.9. The van der Waals surface area contributed by atoms with E-state index >= 15 is 0 Å². The lowest BCUT2D eigenvalue weighted by molar-refractivity contribution is -0.141. The highest BCUT2D eigenvalue weighted by Gasteiger charge is 2.33. The summed E-state index contributed by atoms with van der Waals surface area (Å²) in [5, 5.41) is 0. The maximum Gasteiger partial charge on any atom is 0.433 e. The van der Waals surface area contributed by atoms with Gasteiger partial charge in [0, 0.05) is 31.4 Å². The number of carbonyl (C=O) groups excluding carboxylic acids is 1. The second kappa shape index (κ2) is 7.77. The third kappa shape index (κ3) is 4.83. The average Bonchev–Trinajstić information content (AvgIpc) is 2.66. The summed E-state index contributed by atoms with van der Waals surface area (Å²) in [6.45, 7) is 1.59. The average molecular weight is 381 g/mol. The van der Waals surface area contributed by atoms with Gasteiger partial charge in [-0.05, 0) is 24.8 Å². The number of rotatable bonds is 5. The number of primary amides is 1. The van der Waals surface area contributed by atoms with Crippen LogP contribution in [0, 0.1) is 5.92 Å². The van der Waals surface area contributed by atoms with Crippen molar-refractivity contribution in [1.82, 2.24) is 15.0 Å². The number of amides is 1. The number of pyridine rings is 1. The Morgan fingerprint density at radius 2 is 1.96 bits per heavy atom. The summed E-state index contributed by atoms with van der Waals surface area (Å²) in [6, 6.07) is 4.09. The zero-order valence-electron chi connectivity index (χ0n) is 14.3. The summed E-state index contributed by atoms with van der Waals surface area (Å²) < 4.78 is 44.0. The van der Waals surface area contributed by atoms with Crippen molar-refractivity contribution in [3.63, 3.8) is 0 Å². The normalized spacial score (nSPS) is 15.6. The molecule has 10 heteroatoms. The molecule has 144 valence electrons. The number of halogens is 3. The first-order valence-corrected chi connectivity index (χ1v) is 8.36. The number of aromatic nitrogens is 3. The predicted octanol–water partition coefficient (Wildman–Crippen LogP) is 2.28. The number of ether oxygens (including phenoxy) is 1. The molecule has 0 atom stereocenters. The van der Waals surface area contributed by atoms with Crippen LogP contribution in [-0.2, 0) is 6.18 Å². The second-order valence-corrected chi connectivity index (χ2v) is 6.24. The van der Waals surface area contributed by atoms with Crippen molar-refractivity contribution in [2.45, 2.75) is 19.0 Å². The molecule has 0 saturated carbocycles. The minimum absolute atomic E-state index is 0.131. The Kier molecular flexibility index (Phi) is 5.43. The van der Waals surface area contributed by atoms with Crippen LogP contribution >= 0.6 is 0 Å². The lowest BCUT2D eigenvalue weighted by Gasteiger charge is -2.32. The molecule has 0 bridgehead atoms. The molecule has 2 aromatic rings. The van der Waals surface area contributed by atoms with Crippen LogP contribution in [0.3, 0.4) is 0 Å². The van der Waals surface area contributed by atoms with Gasteiger partial charge in [0.25, 0.3) is 5.91 Å². The quantitative estimate of drug-likeness (QED) is 0.854. The van der Waals surface area contributed by atoms with E-state index in [1.54, 1.807) is 6.07 Å². The maximum atomic E-state index is 12.8. The van der Waals surface area contributed by atoms with Crippen LogP contribution in [0.1, 0.15) is 29.0 Å². The molecular formula is C17H18F3N5O2. The Morgan fingerprint density at radius 1 is 1.22 bits per heavy atom. The number of hydrogen-bond donors (Lipinski definition) is 1. The van der Waals surface area contributed by atoms with E-state index in [0.29, 0.717) is 25.4 Å². The molecule has 0 aromatic carbocycles. The van der Waals surface area contributed by atoms with E-state index < -0.39 is 17.8 Å². The molecule has 3 heterocycles. The Bertz CT molecular complexity index is 807. The summed E-state index contributed by atoms with van der Waals surface area (Å²) in [7, 11) is 0. The SMILES string of the molecule is NC(=O)c1cc(OCC2CCN(c3cc(C(F)(F)F)ncn3)CC2)ccn1. The number of carbonyl (C=O) groups is 1. The number of alkyl halides is 3. The lowest BCUT2D eigenvalue weighted by atomic mass is 9.98. The summed E-state index contributed by atoms with van der Waals surface area (Å²) in [6.07, 6.45) is -0.602. The van der Waals surface area contributed by atoms with Gasteiger partial charge in [-0.1, -0.05) is 0 Å². The number of hydrogen-bond acceptors (Lipinski definition) is 6. The summed E-state index contributed by atoms with van der Waals surface area (Å²) in [4.78, 5) is 24.0. The zero-order valence-corrected chi connectivity index (χ0v) is 14.3. The van der Waals surface area contributed by atoms with Crippen LogP contribution in [0.15, 0.2) is 30.7 Å². The molecule has 27 heavy (non-hydrogen) atoms. The van der Waals surface area contributed by atoms with Gasteiger partial charge in [-0.2, -0.15) is 13.2 Å². The summed E-state index contributed by atoms with van der Waals surface area (Å²) >= 11 is 0. The minimum Gasteiger partial charge on any atom is -0.493 e. The number of piperidine rings is 1. The molecule has 1 saturated heterocycles. The monoisotopic (exact) mass is 381 g/mol. The van der Waals surface area contributed by atoms with Crippen molar-refractivity contribution in [2.75, 3.05) is 24.6 Å². The highest BCUT2D eigenvalue weighted by Crippen LogP contribution is 2.30. The third-order valence-corrected chi connectivity index (χ3v) is 4.35. The van der Waals surface area contributed by atoms with Gasteiger partial charge in [0.15, 0.2) is 0 Å². The van der Waals surface area contributed by atoms with Gasteiger partial charge in [-0.15, -0.1) is 0 Å². The van der Waals surface area contributed by atoms with Crippen molar-refractivity contribution in [3.8, 4) is 5.75 Å². The Labute approximate surface area is 153 Å². The van der Waals surface area contributed by atoms with Crippen molar-refractivity contribution in [2.24, 2.45) is 11.7 Å². The standard InChI is InChI=1S/C17H18F3N5O2/c18-17(19,20)14-8-15(24-10-23-14)25-5-2-11(3-6-25)9-27-12-1-4-22-13(7-12)16(21)26/h1,4,7-8,10-11H,2-3,5-6,9H2,(H2,21,26). The van der Waals surface area contributed by atoms with Gasteiger partial charge in [-0.25, -0.2) is 9.97 Å². The van der Waals surface area contributed by atoms with Gasteiger partial charge in [0.2, 0.25) is 0 Å². The fourth-order valence-electron chi connectivity index (χ4n) is 2.85. The maximum absolute atomic E-state index is 12.8. The molecule has 2 aromatic heterocycles. The van der Waals surface area contributed by atoms with Crippen LogP contribution in [0.4, 0.5) is 19.0 Å². The number of nitrogens with zero attached hydrogens (tertiary/aromatic N) is 4. The molecule has 0 unspecified atom stereocenters. The molecule has 1 amide bonds. The summed E-state index contributed by atoms with van der Waals surface area (Å²) in [5.74, 6) is 0.399. The van der Waals surface area contributed by atoms with Crippen molar-refractivity contribution in [3.05, 3.63) is 42.1 Å². The van der Waals surface area contributed by atoms with Crippen LogP contribution in [0.25, 0.3) is 0 Å². The number of anilines is 1. The van der Waals surface area contributed by atoms with Gasteiger partial charge in [0.1, 0.15) is 29.3 Å². The molecule has 2 N–H and O–H groups in total. The molecule has 0 spiro atoms. The van der Waals surface area contributed by atoms with E-state index in [2.05, 4.69) is 15.0 Å². The zero-order chi connectivity index (χ0) is 19.4.